The van der Waals surface area contributed by atoms with Crippen LogP contribution in [0.5, 0.6) is 0 Å². The average Bonchev–Trinajstić information content (AvgIpc) is 2.46. The van der Waals surface area contributed by atoms with Crippen LogP contribution in [0, 0.1) is 0 Å². The van der Waals surface area contributed by atoms with Gasteiger partial charge in [0, 0.05) is 11.4 Å². The molecule has 1 aliphatic heterocycles. The molecule has 0 aromatic heterocycles. The maximum atomic E-state index is 12.2. The van der Waals surface area contributed by atoms with Crippen molar-refractivity contribution in [1.29, 1.82) is 0 Å². The molecule has 2 rings (SSSR count). The lowest BCUT2D eigenvalue weighted by Crippen LogP contribution is -2.30. The first-order valence-corrected chi connectivity index (χ1v) is 7.91. The third-order valence-electron chi connectivity index (χ3n) is 3.13. The van der Waals surface area contributed by atoms with Crippen molar-refractivity contribution in [2.45, 2.75) is 19.9 Å². The zero-order chi connectivity index (χ0) is 15.4. The Labute approximate surface area is 128 Å². The number of thioether (sulfide) groups is 1. The molecule has 5 nitrogen and oxygen atoms in total. The molecule has 1 unspecified atom stereocenters. The second-order valence-electron chi connectivity index (χ2n) is 4.60. The Balaban J connectivity index is 2.47. The standard InChI is InChI=1S/C15H19N3O2S/c1-4-20-14(19)12-9(2)17-15(21-3)18-13(12)10-6-5-7-11(16)8-10/h5-8,13H,4,16H2,1-3H3,(H,17,18). The molecule has 3 N–H and O–H groups in total. The first kappa shape index (κ1) is 15.4. The first-order valence-electron chi connectivity index (χ1n) is 6.69. The van der Waals surface area contributed by atoms with Crippen LogP contribution in [0.3, 0.4) is 0 Å². The van der Waals surface area contributed by atoms with Gasteiger partial charge < -0.3 is 15.8 Å². The van der Waals surface area contributed by atoms with Crippen molar-refractivity contribution in [3.05, 3.63) is 41.1 Å². The molecule has 1 aromatic rings. The zero-order valence-electron chi connectivity index (χ0n) is 12.3. The van der Waals surface area contributed by atoms with Gasteiger partial charge in [-0.15, -0.1) is 0 Å². The van der Waals surface area contributed by atoms with E-state index in [9.17, 15) is 4.79 Å². The molecule has 0 aliphatic carbocycles. The number of ether oxygens (including phenoxy) is 1. The molecule has 0 bridgehead atoms. The van der Waals surface area contributed by atoms with Crippen LogP contribution in [0.1, 0.15) is 25.5 Å². The highest BCUT2D eigenvalue weighted by atomic mass is 32.2. The maximum absolute atomic E-state index is 12.2. The minimum Gasteiger partial charge on any atom is -0.463 e. The van der Waals surface area contributed by atoms with Gasteiger partial charge in [0.15, 0.2) is 5.17 Å². The highest BCUT2D eigenvalue weighted by Gasteiger charge is 2.30. The molecule has 0 saturated heterocycles. The summed E-state index contributed by atoms with van der Waals surface area (Å²) < 4.78 is 5.16. The number of hydrogen-bond acceptors (Lipinski definition) is 6. The number of benzene rings is 1. The van der Waals surface area contributed by atoms with Crippen molar-refractivity contribution in [3.8, 4) is 0 Å². The number of hydrogen-bond donors (Lipinski definition) is 2. The van der Waals surface area contributed by atoms with Gasteiger partial charge in [-0.2, -0.15) is 0 Å². The fourth-order valence-corrected chi connectivity index (χ4v) is 2.66. The van der Waals surface area contributed by atoms with Crippen molar-refractivity contribution in [1.82, 2.24) is 5.32 Å². The van der Waals surface area contributed by atoms with E-state index in [2.05, 4.69) is 10.3 Å². The van der Waals surface area contributed by atoms with Crippen molar-refractivity contribution in [2.24, 2.45) is 4.99 Å². The van der Waals surface area contributed by atoms with E-state index < -0.39 is 6.04 Å². The molecule has 0 fully saturated rings. The molecule has 1 atom stereocenters. The molecule has 0 saturated carbocycles. The minimum absolute atomic E-state index is 0.332. The Kier molecular flexibility index (Phi) is 4.90. The van der Waals surface area contributed by atoms with Crippen LogP contribution in [0.2, 0.25) is 0 Å². The van der Waals surface area contributed by atoms with E-state index in [1.807, 2.05) is 37.4 Å². The number of nitrogen functional groups attached to an aromatic ring is 1. The Morgan fingerprint density at radius 3 is 2.90 bits per heavy atom. The summed E-state index contributed by atoms with van der Waals surface area (Å²) in [6, 6.07) is 7.03. The van der Waals surface area contributed by atoms with Gasteiger partial charge in [0.1, 0.15) is 6.04 Å². The van der Waals surface area contributed by atoms with Crippen LogP contribution in [-0.4, -0.2) is 24.0 Å². The second kappa shape index (κ2) is 6.67. The van der Waals surface area contributed by atoms with Gasteiger partial charge >= 0.3 is 5.97 Å². The molecule has 1 aromatic carbocycles. The van der Waals surface area contributed by atoms with Gasteiger partial charge in [-0.3, -0.25) is 0 Å². The van der Waals surface area contributed by atoms with Gasteiger partial charge in [0.05, 0.1) is 12.2 Å². The van der Waals surface area contributed by atoms with Crippen molar-refractivity contribution in [3.63, 3.8) is 0 Å². The predicted octanol–water partition coefficient (Wildman–Crippen LogP) is 2.47. The van der Waals surface area contributed by atoms with E-state index in [4.69, 9.17) is 10.5 Å². The largest absolute Gasteiger partial charge is 0.463 e. The number of carbonyl (C=O) groups is 1. The Morgan fingerprint density at radius 2 is 2.29 bits per heavy atom. The lowest BCUT2D eigenvalue weighted by Gasteiger charge is -2.25. The number of aliphatic imine (C=N–C) groups is 1. The summed E-state index contributed by atoms with van der Waals surface area (Å²) in [6.45, 7) is 3.98. The molecule has 1 heterocycles. The number of nitrogens with zero attached hydrogens (tertiary/aromatic N) is 1. The number of rotatable bonds is 3. The van der Waals surface area contributed by atoms with Crippen LogP contribution in [-0.2, 0) is 9.53 Å². The number of amidine groups is 1. The summed E-state index contributed by atoms with van der Waals surface area (Å²) in [4.78, 5) is 16.8. The van der Waals surface area contributed by atoms with Gasteiger partial charge in [-0.1, -0.05) is 23.9 Å². The van der Waals surface area contributed by atoms with E-state index in [-0.39, 0.29) is 5.97 Å². The topological polar surface area (TPSA) is 76.7 Å². The number of nitrogens with one attached hydrogen (secondary N) is 1. The molecule has 0 amide bonds. The zero-order valence-corrected chi connectivity index (χ0v) is 13.2. The summed E-state index contributed by atoms with van der Waals surface area (Å²) in [5.74, 6) is -0.348. The van der Waals surface area contributed by atoms with E-state index in [1.54, 1.807) is 6.92 Å². The summed E-state index contributed by atoms with van der Waals surface area (Å²) in [5.41, 5.74) is 8.66. The Hall–Kier alpha value is -1.95. The minimum atomic E-state index is -0.392. The number of carbonyl (C=O) groups excluding carboxylic acids is 1. The molecule has 0 radical (unpaired) electrons. The van der Waals surface area contributed by atoms with E-state index in [0.29, 0.717) is 17.9 Å². The summed E-state index contributed by atoms with van der Waals surface area (Å²) >= 11 is 1.50. The molecular weight excluding hydrogens is 286 g/mol. The summed E-state index contributed by atoms with van der Waals surface area (Å²) in [6.07, 6.45) is 1.94. The van der Waals surface area contributed by atoms with Crippen LogP contribution >= 0.6 is 11.8 Å². The third-order valence-corrected chi connectivity index (χ3v) is 3.73. The van der Waals surface area contributed by atoms with Crippen LogP contribution in [0.15, 0.2) is 40.5 Å². The van der Waals surface area contributed by atoms with Crippen LogP contribution < -0.4 is 11.1 Å². The van der Waals surface area contributed by atoms with Crippen molar-refractivity contribution in [2.75, 3.05) is 18.6 Å². The lowest BCUT2D eigenvalue weighted by atomic mass is 9.96. The predicted molar refractivity (Wildman–Crippen MR) is 87.0 cm³/mol. The van der Waals surface area contributed by atoms with Crippen molar-refractivity contribution >= 4 is 28.6 Å². The number of nitrogens with two attached hydrogens (primary N) is 1. The normalized spacial score (nSPS) is 18.0. The van der Waals surface area contributed by atoms with Crippen LogP contribution in [0.4, 0.5) is 5.69 Å². The average molecular weight is 305 g/mol. The number of esters is 1. The Bertz CT molecular complexity index is 611. The highest BCUT2D eigenvalue weighted by molar-refractivity contribution is 8.13. The number of anilines is 1. The SMILES string of the molecule is CCOC(=O)C1=C(C)NC(SC)=NC1c1cccc(N)c1. The molecule has 21 heavy (non-hydrogen) atoms. The molecule has 112 valence electrons. The van der Waals surface area contributed by atoms with Gasteiger partial charge in [-0.25, -0.2) is 9.79 Å². The molecule has 0 spiro atoms. The van der Waals surface area contributed by atoms with Gasteiger partial charge in [0.25, 0.3) is 0 Å². The lowest BCUT2D eigenvalue weighted by molar-refractivity contribution is -0.138. The molecule has 6 heteroatoms. The first-order chi connectivity index (χ1) is 10.1. The second-order valence-corrected chi connectivity index (χ2v) is 5.39. The van der Waals surface area contributed by atoms with E-state index in [0.717, 1.165) is 16.4 Å². The summed E-state index contributed by atoms with van der Waals surface area (Å²) in [7, 11) is 0. The maximum Gasteiger partial charge on any atom is 0.338 e. The monoisotopic (exact) mass is 305 g/mol. The Morgan fingerprint density at radius 1 is 1.52 bits per heavy atom. The van der Waals surface area contributed by atoms with Gasteiger partial charge in [-0.05, 0) is 37.8 Å². The number of allylic oxidation sites excluding steroid dienone is 1. The smallest absolute Gasteiger partial charge is 0.338 e. The van der Waals surface area contributed by atoms with Gasteiger partial charge in [0.2, 0.25) is 0 Å². The van der Waals surface area contributed by atoms with Crippen molar-refractivity contribution < 1.29 is 9.53 Å². The highest BCUT2D eigenvalue weighted by Crippen LogP contribution is 2.33. The molecule has 1 aliphatic rings. The van der Waals surface area contributed by atoms with Crippen LogP contribution in [0.25, 0.3) is 0 Å². The fourth-order valence-electron chi connectivity index (χ4n) is 2.19. The third kappa shape index (κ3) is 3.39. The summed E-state index contributed by atoms with van der Waals surface area (Å²) in [5, 5.41) is 3.90. The molecular formula is C15H19N3O2S. The van der Waals surface area contributed by atoms with E-state index in [1.165, 1.54) is 11.8 Å². The fraction of sp³-hybridized carbons (Fsp3) is 0.333. The quantitative estimate of drug-likeness (QED) is 0.662. The van der Waals surface area contributed by atoms with E-state index >= 15 is 0 Å².